The molecule has 6 heteroatoms. The zero-order valence-electron chi connectivity index (χ0n) is 11.1. The molecule has 2 N–H and O–H groups in total. The van der Waals surface area contributed by atoms with Crippen LogP contribution in [0, 0.1) is 11.3 Å². The highest BCUT2D eigenvalue weighted by atomic mass is 35.5. The zero-order valence-corrected chi connectivity index (χ0v) is 11.9. The molecule has 106 valence electrons. The van der Waals surface area contributed by atoms with Crippen molar-refractivity contribution in [2.45, 2.75) is 13.5 Å². The molecule has 1 aromatic carbocycles. The maximum Gasteiger partial charge on any atom is 0.286 e. The van der Waals surface area contributed by atoms with Crippen molar-refractivity contribution in [1.29, 1.82) is 5.26 Å². The van der Waals surface area contributed by atoms with E-state index in [0.717, 1.165) is 5.56 Å². The van der Waals surface area contributed by atoms with E-state index in [2.05, 4.69) is 10.6 Å². The third-order valence-electron chi connectivity index (χ3n) is 2.39. The van der Waals surface area contributed by atoms with Crippen molar-refractivity contribution in [3.8, 4) is 6.07 Å². The van der Waals surface area contributed by atoms with E-state index in [1.54, 1.807) is 25.1 Å². The fourth-order valence-electron chi connectivity index (χ4n) is 1.39. The zero-order chi connectivity index (χ0) is 14.8. The second kappa shape index (κ2) is 8.97. The van der Waals surface area contributed by atoms with Crippen LogP contribution < -0.4 is 10.6 Å². The molecule has 0 saturated heterocycles. The van der Waals surface area contributed by atoms with Crippen LogP contribution in [0.3, 0.4) is 0 Å². The van der Waals surface area contributed by atoms with Crippen LogP contribution in [0.15, 0.2) is 36.1 Å². The number of benzene rings is 1. The van der Waals surface area contributed by atoms with Gasteiger partial charge in [-0.1, -0.05) is 23.7 Å². The molecule has 0 aliphatic carbocycles. The molecule has 0 bridgehead atoms. The van der Waals surface area contributed by atoms with Crippen molar-refractivity contribution >= 4 is 17.5 Å². The Morgan fingerprint density at radius 1 is 1.45 bits per heavy atom. The van der Waals surface area contributed by atoms with Crippen LogP contribution in [0.5, 0.6) is 0 Å². The summed E-state index contributed by atoms with van der Waals surface area (Å²) in [5.74, 6) is -0.0920. The Labute approximate surface area is 123 Å². The SMILES string of the molecule is C/C=C(/OCNCC#N)C(=O)NCc1ccc(Cl)cc1. The van der Waals surface area contributed by atoms with Crippen LogP contribution in [0.1, 0.15) is 12.5 Å². The van der Waals surface area contributed by atoms with Gasteiger partial charge >= 0.3 is 0 Å². The maximum absolute atomic E-state index is 11.9. The quantitative estimate of drug-likeness (QED) is 0.265. The first-order valence-electron chi connectivity index (χ1n) is 6.06. The lowest BCUT2D eigenvalue weighted by Gasteiger charge is -2.10. The van der Waals surface area contributed by atoms with E-state index in [9.17, 15) is 4.79 Å². The number of ether oxygens (including phenoxy) is 1. The highest BCUT2D eigenvalue weighted by Gasteiger charge is 2.09. The van der Waals surface area contributed by atoms with Gasteiger partial charge in [0.2, 0.25) is 0 Å². The van der Waals surface area contributed by atoms with Crippen molar-refractivity contribution in [3.05, 3.63) is 46.7 Å². The second-order valence-electron chi connectivity index (χ2n) is 3.84. The minimum Gasteiger partial charge on any atom is -0.473 e. The predicted octanol–water partition coefficient (Wildman–Crippen LogP) is 1.95. The fourth-order valence-corrected chi connectivity index (χ4v) is 1.51. The number of carbonyl (C=O) groups is 1. The Morgan fingerprint density at radius 3 is 2.75 bits per heavy atom. The van der Waals surface area contributed by atoms with Gasteiger partial charge in [0.15, 0.2) is 5.76 Å². The third kappa shape index (κ3) is 5.74. The Kier molecular flexibility index (Phi) is 7.18. The van der Waals surface area contributed by atoms with Gasteiger partial charge in [-0.25, -0.2) is 0 Å². The molecule has 0 saturated carbocycles. The molecule has 0 spiro atoms. The summed E-state index contributed by atoms with van der Waals surface area (Å²) < 4.78 is 5.23. The van der Waals surface area contributed by atoms with Gasteiger partial charge in [0.05, 0.1) is 12.6 Å². The first-order chi connectivity index (χ1) is 9.67. The maximum atomic E-state index is 11.9. The molecule has 0 heterocycles. The number of allylic oxidation sites excluding steroid dienone is 1. The standard InChI is InChI=1S/C14H16ClN3O2/c1-2-13(20-10-17-8-7-16)14(19)18-9-11-3-5-12(15)6-4-11/h2-6,17H,8-10H2,1H3,(H,18,19)/b13-2+. The van der Waals surface area contributed by atoms with Crippen LogP contribution in [-0.4, -0.2) is 19.2 Å². The molecule has 0 aliphatic heterocycles. The number of nitrogens with one attached hydrogen (secondary N) is 2. The van der Waals surface area contributed by atoms with Gasteiger partial charge in [-0.3, -0.25) is 10.1 Å². The number of nitriles is 1. The topological polar surface area (TPSA) is 74.1 Å². The molecule has 0 radical (unpaired) electrons. The lowest BCUT2D eigenvalue weighted by atomic mass is 10.2. The highest BCUT2D eigenvalue weighted by molar-refractivity contribution is 6.30. The molecule has 1 amide bonds. The van der Waals surface area contributed by atoms with Crippen LogP contribution in [0.2, 0.25) is 5.02 Å². The molecule has 1 rings (SSSR count). The number of hydrogen-bond acceptors (Lipinski definition) is 4. The van der Waals surface area contributed by atoms with Crippen molar-refractivity contribution < 1.29 is 9.53 Å². The van der Waals surface area contributed by atoms with Gasteiger partial charge < -0.3 is 10.1 Å². The predicted molar refractivity (Wildman–Crippen MR) is 76.6 cm³/mol. The highest BCUT2D eigenvalue weighted by Crippen LogP contribution is 2.09. The molecule has 0 unspecified atom stereocenters. The average Bonchev–Trinajstić information content (AvgIpc) is 2.46. The molecule has 0 atom stereocenters. The Hall–Kier alpha value is -2.03. The van der Waals surface area contributed by atoms with E-state index in [4.69, 9.17) is 21.6 Å². The van der Waals surface area contributed by atoms with Crippen LogP contribution in [-0.2, 0) is 16.1 Å². The summed E-state index contributed by atoms with van der Waals surface area (Å²) in [6.07, 6.45) is 1.57. The largest absolute Gasteiger partial charge is 0.473 e. The molecule has 1 aromatic rings. The first kappa shape index (κ1) is 16.0. The van der Waals surface area contributed by atoms with Crippen LogP contribution >= 0.6 is 11.6 Å². The van der Waals surface area contributed by atoms with E-state index in [1.807, 2.05) is 18.2 Å². The molecular weight excluding hydrogens is 278 g/mol. The summed E-state index contributed by atoms with van der Waals surface area (Å²) in [7, 11) is 0. The smallest absolute Gasteiger partial charge is 0.286 e. The third-order valence-corrected chi connectivity index (χ3v) is 2.64. The summed E-state index contributed by atoms with van der Waals surface area (Å²) in [5.41, 5.74) is 0.945. The van der Waals surface area contributed by atoms with Crippen LogP contribution in [0.25, 0.3) is 0 Å². The van der Waals surface area contributed by atoms with Gasteiger partial charge in [0.1, 0.15) is 6.73 Å². The molecule has 0 fully saturated rings. The van der Waals surface area contributed by atoms with Crippen molar-refractivity contribution in [3.63, 3.8) is 0 Å². The van der Waals surface area contributed by atoms with Gasteiger partial charge in [-0.2, -0.15) is 5.26 Å². The number of hydrogen-bond donors (Lipinski definition) is 2. The molecule has 0 aromatic heterocycles. The lowest BCUT2D eigenvalue weighted by molar-refractivity contribution is -0.121. The van der Waals surface area contributed by atoms with E-state index < -0.39 is 0 Å². The number of amides is 1. The summed E-state index contributed by atoms with van der Waals surface area (Å²) in [6, 6.07) is 9.13. The minimum atomic E-state index is -0.304. The fraction of sp³-hybridized carbons (Fsp3) is 0.286. The van der Waals surface area contributed by atoms with Crippen molar-refractivity contribution in [2.24, 2.45) is 0 Å². The van der Waals surface area contributed by atoms with E-state index in [1.165, 1.54) is 0 Å². The average molecular weight is 294 g/mol. The Balaban J connectivity index is 2.40. The Bertz CT molecular complexity index is 506. The minimum absolute atomic E-state index is 0.113. The monoisotopic (exact) mass is 293 g/mol. The van der Waals surface area contributed by atoms with E-state index in [-0.39, 0.29) is 24.9 Å². The summed E-state index contributed by atoms with van der Waals surface area (Å²) in [5, 5.41) is 14.5. The molecule has 5 nitrogen and oxygen atoms in total. The summed E-state index contributed by atoms with van der Waals surface area (Å²) >= 11 is 5.78. The molecule has 0 aliphatic rings. The summed E-state index contributed by atoms with van der Waals surface area (Å²) in [6.45, 7) is 2.38. The van der Waals surface area contributed by atoms with E-state index in [0.29, 0.717) is 11.6 Å². The normalized spacial score (nSPS) is 10.8. The first-order valence-corrected chi connectivity index (χ1v) is 6.44. The summed E-state index contributed by atoms with van der Waals surface area (Å²) in [4.78, 5) is 11.9. The van der Waals surface area contributed by atoms with E-state index >= 15 is 0 Å². The number of rotatable bonds is 7. The Morgan fingerprint density at radius 2 is 2.15 bits per heavy atom. The second-order valence-corrected chi connectivity index (χ2v) is 4.27. The molecule has 20 heavy (non-hydrogen) atoms. The van der Waals surface area contributed by atoms with Gasteiger partial charge in [0, 0.05) is 11.6 Å². The number of nitrogens with zero attached hydrogens (tertiary/aromatic N) is 1. The molecular formula is C14H16ClN3O2. The number of halogens is 1. The van der Waals surface area contributed by atoms with Gasteiger partial charge in [-0.15, -0.1) is 0 Å². The number of carbonyl (C=O) groups excluding carboxylic acids is 1. The van der Waals surface area contributed by atoms with Gasteiger partial charge in [0.25, 0.3) is 5.91 Å². The lowest BCUT2D eigenvalue weighted by Crippen LogP contribution is -2.28. The van der Waals surface area contributed by atoms with Gasteiger partial charge in [-0.05, 0) is 30.7 Å². The van der Waals surface area contributed by atoms with Crippen molar-refractivity contribution in [2.75, 3.05) is 13.3 Å². The van der Waals surface area contributed by atoms with Crippen LogP contribution in [0.4, 0.5) is 0 Å². The van der Waals surface area contributed by atoms with Crippen molar-refractivity contribution in [1.82, 2.24) is 10.6 Å².